The molecule has 0 aliphatic heterocycles. The Morgan fingerprint density at radius 3 is 2.79 bits per heavy atom. The third-order valence-electron chi connectivity index (χ3n) is 3.76. The molecule has 3 aromatic rings. The number of pyridine rings is 1. The van der Waals surface area contributed by atoms with Gasteiger partial charge in [-0.25, -0.2) is 9.78 Å². The summed E-state index contributed by atoms with van der Waals surface area (Å²) in [6.45, 7) is 2.48. The molecule has 2 heterocycles. The maximum absolute atomic E-state index is 11.4. The van der Waals surface area contributed by atoms with Crippen LogP contribution < -0.4 is 10.1 Å². The van der Waals surface area contributed by atoms with Crippen molar-refractivity contribution in [2.75, 3.05) is 13.7 Å². The van der Waals surface area contributed by atoms with E-state index in [0.29, 0.717) is 36.0 Å². The molecule has 9 heteroatoms. The number of nitrogens with zero attached hydrogens (tertiary/aromatic N) is 4. The van der Waals surface area contributed by atoms with Gasteiger partial charge in [0.25, 0.3) is 0 Å². The van der Waals surface area contributed by atoms with Crippen molar-refractivity contribution in [2.45, 2.75) is 13.5 Å². The summed E-state index contributed by atoms with van der Waals surface area (Å²) in [5.74, 6) is 0.383. The van der Waals surface area contributed by atoms with Crippen LogP contribution in [-0.4, -0.2) is 45.5 Å². The number of nitrogens with one attached hydrogen (secondary N) is 1. The van der Waals surface area contributed by atoms with E-state index in [9.17, 15) is 9.59 Å². The van der Waals surface area contributed by atoms with E-state index in [2.05, 4.69) is 25.3 Å². The summed E-state index contributed by atoms with van der Waals surface area (Å²) >= 11 is 0. The summed E-state index contributed by atoms with van der Waals surface area (Å²) in [5.41, 5.74) is 1.86. The molecule has 2 aromatic heterocycles. The molecular formula is C19H19N5O4. The third kappa shape index (κ3) is 4.91. The average Bonchev–Trinajstić information content (AvgIpc) is 3.17. The van der Waals surface area contributed by atoms with Gasteiger partial charge in [-0.2, -0.15) is 0 Å². The number of amides is 1. The van der Waals surface area contributed by atoms with Gasteiger partial charge in [-0.1, -0.05) is 17.3 Å². The molecule has 0 aliphatic carbocycles. The number of esters is 1. The molecule has 0 bridgehead atoms. The highest BCUT2D eigenvalue weighted by Gasteiger charge is 2.08. The van der Waals surface area contributed by atoms with E-state index in [1.165, 1.54) is 20.2 Å². The van der Waals surface area contributed by atoms with E-state index in [1.807, 2.05) is 18.2 Å². The van der Waals surface area contributed by atoms with Crippen molar-refractivity contribution in [1.29, 1.82) is 0 Å². The van der Waals surface area contributed by atoms with Crippen molar-refractivity contribution in [3.8, 4) is 22.9 Å². The zero-order valence-electron chi connectivity index (χ0n) is 15.5. The average molecular weight is 381 g/mol. The van der Waals surface area contributed by atoms with E-state index in [1.54, 1.807) is 29.1 Å². The largest absolute Gasteiger partial charge is 0.465 e. The smallest absolute Gasteiger partial charge is 0.339 e. The van der Waals surface area contributed by atoms with Crippen molar-refractivity contribution < 1.29 is 19.1 Å². The van der Waals surface area contributed by atoms with Gasteiger partial charge in [0.1, 0.15) is 11.4 Å². The fraction of sp³-hybridized carbons (Fsp3) is 0.211. The quantitative estimate of drug-likeness (QED) is 0.624. The van der Waals surface area contributed by atoms with E-state index in [0.717, 1.165) is 5.56 Å². The molecule has 1 N–H and O–H groups in total. The van der Waals surface area contributed by atoms with E-state index in [4.69, 9.17) is 4.74 Å². The Hall–Kier alpha value is -3.75. The van der Waals surface area contributed by atoms with Crippen LogP contribution >= 0.6 is 0 Å². The summed E-state index contributed by atoms with van der Waals surface area (Å²) in [7, 11) is 1.31. The highest BCUT2D eigenvalue weighted by molar-refractivity contribution is 5.88. The van der Waals surface area contributed by atoms with Crippen LogP contribution in [0.5, 0.6) is 11.6 Å². The number of hydrogen-bond donors (Lipinski definition) is 1. The maximum Gasteiger partial charge on any atom is 0.339 e. The third-order valence-corrected chi connectivity index (χ3v) is 3.76. The number of hydrogen-bond acceptors (Lipinski definition) is 7. The fourth-order valence-corrected chi connectivity index (χ4v) is 2.41. The summed E-state index contributed by atoms with van der Waals surface area (Å²) < 4.78 is 12.0. The standard InChI is InChI=1S/C19H19N5O4/c1-13(25)20-8-9-24-12-17(22-23-24)14-4-3-5-16(10-14)28-18-7-6-15(11-21-18)19(26)27-2/h3-7,10-12H,8-9H2,1-2H3,(H,20,25). The molecule has 3 rings (SSSR count). The molecule has 1 amide bonds. The molecule has 144 valence electrons. The van der Waals surface area contributed by atoms with E-state index in [-0.39, 0.29) is 5.91 Å². The first-order chi connectivity index (χ1) is 13.5. The van der Waals surface area contributed by atoms with Gasteiger partial charge in [-0.15, -0.1) is 5.10 Å². The molecule has 0 unspecified atom stereocenters. The summed E-state index contributed by atoms with van der Waals surface area (Å²) in [6, 6.07) is 10.5. The fourth-order valence-electron chi connectivity index (χ4n) is 2.41. The van der Waals surface area contributed by atoms with Gasteiger partial charge in [0, 0.05) is 31.3 Å². The molecule has 0 atom stereocenters. The molecule has 0 aliphatic rings. The SMILES string of the molecule is COC(=O)c1ccc(Oc2cccc(-c3cn(CCNC(C)=O)nn3)c2)nc1. The van der Waals surface area contributed by atoms with Crippen LogP contribution in [0.15, 0.2) is 48.8 Å². The molecule has 0 radical (unpaired) electrons. The van der Waals surface area contributed by atoms with Crippen LogP contribution in [0, 0.1) is 0 Å². The van der Waals surface area contributed by atoms with Gasteiger partial charge in [-0.3, -0.25) is 9.48 Å². The Balaban J connectivity index is 1.68. The topological polar surface area (TPSA) is 108 Å². The predicted molar refractivity (Wildman–Crippen MR) is 99.8 cm³/mol. The first kappa shape index (κ1) is 19.0. The number of aromatic nitrogens is 4. The molecule has 0 saturated carbocycles. The number of carbonyl (C=O) groups is 2. The zero-order valence-corrected chi connectivity index (χ0v) is 15.5. The highest BCUT2D eigenvalue weighted by Crippen LogP contribution is 2.25. The van der Waals surface area contributed by atoms with Gasteiger partial charge in [-0.05, 0) is 18.2 Å². The zero-order chi connectivity index (χ0) is 19.9. The number of rotatable bonds is 7. The Bertz CT molecular complexity index is 968. The first-order valence-corrected chi connectivity index (χ1v) is 8.52. The molecule has 0 fully saturated rings. The van der Waals surface area contributed by atoms with Crippen LogP contribution in [0.25, 0.3) is 11.3 Å². The number of benzene rings is 1. The first-order valence-electron chi connectivity index (χ1n) is 8.52. The lowest BCUT2D eigenvalue weighted by molar-refractivity contribution is -0.119. The predicted octanol–water partition coefficient (Wildman–Crippen LogP) is 2.06. The van der Waals surface area contributed by atoms with Crippen molar-refractivity contribution in [3.63, 3.8) is 0 Å². The van der Waals surface area contributed by atoms with Crippen molar-refractivity contribution in [2.24, 2.45) is 0 Å². The Kier molecular flexibility index (Phi) is 5.95. The molecule has 9 nitrogen and oxygen atoms in total. The van der Waals surface area contributed by atoms with Crippen molar-refractivity contribution in [3.05, 3.63) is 54.4 Å². The van der Waals surface area contributed by atoms with Gasteiger partial charge < -0.3 is 14.8 Å². The van der Waals surface area contributed by atoms with Crippen LogP contribution in [0.3, 0.4) is 0 Å². The molecule has 0 saturated heterocycles. The Morgan fingerprint density at radius 2 is 2.07 bits per heavy atom. The maximum atomic E-state index is 11.4. The minimum absolute atomic E-state index is 0.0848. The normalized spacial score (nSPS) is 10.4. The van der Waals surface area contributed by atoms with Gasteiger partial charge in [0.15, 0.2) is 0 Å². The minimum Gasteiger partial charge on any atom is -0.465 e. The molecule has 28 heavy (non-hydrogen) atoms. The monoisotopic (exact) mass is 381 g/mol. The summed E-state index contributed by atoms with van der Waals surface area (Å²) in [5, 5.41) is 10.9. The lowest BCUT2D eigenvalue weighted by Crippen LogP contribution is -2.24. The second-order valence-electron chi connectivity index (χ2n) is 5.86. The second-order valence-corrected chi connectivity index (χ2v) is 5.86. The second kappa shape index (κ2) is 8.76. The van der Waals surface area contributed by atoms with Crippen LogP contribution in [0.2, 0.25) is 0 Å². The summed E-state index contributed by atoms with van der Waals surface area (Å²) in [4.78, 5) is 26.5. The van der Waals surface area contributed by atoms with Gasteiger partial charge >= 0.3 is 5.97 Å². The van der Waals surface area contributed by atoms with Crippen LogP contribution in [-0.2, 0) is 16.1 Å². The Morgan fingerprint density at radius 1 is 1.21 bits per heavy atom. The molecule has 1 aromatic carbocycles. The van der Waals surface area contributed by atoms with Gasteiger partial charge in [0.2, 0.25) is 11.8 Å². The lowest BCUT2D eigenvalue weighted by Gasteiger charge is -2.06. The van der Waals surface area contributed by atoms with Crippen molar-refractivity contribution >= 4 is 11.9 Å². The van der Waals surface area contributed by atoms with Gasteiger partial charge in [0.05, 0.1) is 25.4 Å². The van der Waals surface area contributed by atoms with E-state index < -0.39 is 5.97 Å². The number of methoxy groups -OCH3 is 1. The van der Waals surface area contributed by atoms with Crippen LogP contribution in [0.1, 0.15) is 17.3 Å². The van der Waals surface area contributed by atoms with E-state index >= 15 is 0 Å². The lowest BCUT2D eigenvalue weighted by atomic mass is 10.1. The minimum atomic E-state index is -0.456. The van der Waals surface area contributed by atoms with Crippen molar-refractivity contribution in [1.82, 2.24) is 25.3 Å². The summed E-state index contributed by atoms with van der Waals surface area (Å²) in [6.07, 6.45) is 3.19. The number of carbonyl (C=O) groups excluding carboxylic acids is 2. The molecular weight excluding hydrogens is 362 g/mol. The molecule has 0 spiro atoms. The Labute approximate surface area is 161 Å². The number of ether oxygens (including phenoxy) is 2. The highest BCUT2D eigenvalue weighted by atomic mass is 16.5. The van der Waals surface area contributed by atoms with Crippen LogP contribution in [0.4, 0.5) is 0 Å².